The monoisotopic (exact) mass is 1560 g/mol. The minimum Gasteiger partial charge on any atom is -0.462 e. The van der Waals surface area contributed by atoms with Gasteiger partial charge in [-0.2, -0.15) is 0 Å². The molecule has 6 atom stereocenters. The Morgan fingerprint density at radius 3 is 0.710 bits per heavy atom. The van der Waals surface area contributed by atoms with Gasteiger partial charge in [-0.15, -0.1) is 0 Å². The van der Waals surface area contributed by atoms with Gasteiger partial charge in [-0.3, -0.25) is 37.3 Å². The van der Waals surface area contributed by atoms with E-state index in [0.29, 0.717) is 25.7 Å². The van der Waals surface area contributed by atoms with Gasteiger partial charge in [-0.05, 0) is 37.5 Å². The number of rotatable bonds is 87. The molecule has 3 N–H and O–H groups in total. The van der Waals surface area contributed by atoms with Gasteiger partial charge >= 0.3 is 39.5 Å². The minimum atomic E-state index is -4.97. The van der Waals surface area contributed by atoms with E-state index in [1.54, 1.807) is 0 Å². The molecule has 17 nitrogen and oxygen atoms in total. The molecular weight excluding hydrogens is 1390 g/mol. The molecule has 19 heteroatoms. The lowest BCUT2D eigenvalue weighted by molar-refractivity contribution is -0.161. The van der Waals surface area contributed by atoms with E-state index in [-0.39, 0.29) is 25.7 Å². The number of esters is 4. The molecule has 636 valence electrons. The second kappa shape index (κ2) is 79.3. The van der Waals surface area contributed by atoms with Crippen LogP contribution >= 0.6 is 15.6 Å². The standard InChI is InChI=1S/C88H172O17P2/c1-7-10-12-14-16-18-19-20-21-22-26-33-38-43-48-54-60-66-72-87(92)104-83(76-98-85(90)70-64-58-52-17-15-13-11-8-2)78-102-106(94,95)100-74-82(89)75-101-107(96,97)103-79-84(77-99-86(91)71-65-59-53-47-42-37-32-29-28-30-35-40-45-50-56-62-68-80(4)5)105-88(93)73-67-61-55-49-44-39-34-27-24-23-25-31-36-41-46-51-57-63-69-81(6)9-3/h80-84,89H,7-79H2,1-6H3,(H,94,95)(H,96,97)/t81?,82-,83+,84+/m0/s1. The van der Waals surface area contributed by atoms with Gasteiger partial charge in [-0.25, -0.2) is 9.13 Å². The maximum atomic E-state index is 13.2. The molecule has 0 rings (SSSR count). The molecule has 0 radical (unpaired) electrons. The third kappa shape index (κ3) is 80.5. The summed E-state index contributed by atoms with van der Waals surface area (Å²) < 4.78 is 68.9. The highest BCUT2D eigenvalue weighted by Crippen LogP contribution is 2.45. The van der Waals surface area contributed by atoms with Crippen molar-refractivity contribution in [1.82, 2.24) is 0 Å². The van der Waals surface area contributed by atoms with Crippen LogP contribution in [0, 0.1) is 11.8 Å². The fraction of sp³-hybridized carbons (Fsp3) is 0.955. The number of carbonyl (C=O) groups excluding carboxylic acids is 4. The molecule has 0 aromatic heterocycles. The van der Waals surface area contributed by atoms with Crippen molar-refractivity contribution < 1.29 is 80.2 Å². The summed E-state index contributed by atoms with van der Waals surface area (Å²) in [4.78, 5) is 73.2. The largest absolute Gasteiger partial charge is 0.472 e. The van der Waals surface area contributed by atoms with Crippen LogP contribution in [0.1, 0.15) is 472 Å². The molecule has 0 fully saturated rings. The summed E-state index contributed by atoms with van der Waals surface area (Å²) in [5.74, 6) is -0.418. The molecular formula is C88H172O17P2. The van der Waals surface area contributed by atoms with Crippen molar-refractivity contribution >= 4 is 39.5 Å². The summed E-state index contributed by atoms with van der Waals surface area (Å²) in [7, 11) is -9.93. The zero-order valence-corrected chi connectivity index (χ0v) is 72.2. The fourth-order valence-electron chi connectivity index (χ4n) is 13.7. The second-order valence-corrected chi connectivity index (χ2v) is 35.3. The van der Waals surface area contributed by atoms with Gasteiger partial charge in [0, 0.05) is 25.7 Å². The van der Waals surface area contributed by atoms with Crippen molar-refractivity contribution in [2.75, 3.05) is 39.6 Å². The summed E-state index contributed by atoms with van der Waals surface area (Å²) in [5.41, 5.74) is 0. The molecule has 0 amide bonds. The van der Waals surface area contributed by atoms with Crippen molar-refractivity contribution in [1.29, 1.82) is 0 Å². The summed E-state index contributed by atoms with van der Waals surface area (Å²) >= 11 is 0. The molecule has 0 aliphatic heterocycles. The Balaban J connectivity index is 5.18. The van der Waals surface area contributed by atoms with Crippen LogP contribution < -0.4 is 0 Å². The third-order valence-electron chi connectivity index (χ3n) is 21.1. The van der Waals surface area contributed by atoms with Gasteiger partial charge in [-0.1, -0.05) is 420 Å². The van der Waals surface area contributed by atoms with Crippen molar-refractivity contribution in [3.63, 3.8) is 0 Å². The number of unbranched alkanes of at least 4 members (excludes halogenated alkanes) is 56. The van der Waals surface area contributed by atoms with Crippen molar-refractivity contribution in [3.05, 3.63) is 0 Å². The molecule has 0 saturated heterocycles. The van der Waals surface area contributed by atoms with E-state index in [9.17, 15) is 43.2 Å². The molecule has 0 saturated carbocycles. The van der Waals surface area contributed by atoms with Gasteiger partial charge in [0.2, 0.25) is 0 Å². The third-order valence-corrected chi connectivity index (χ3v) is 23.0. The first-order valence-corrected chi connectivity index (χ1v) is 48.5. The Hall–Kier alpha value is -1.94. The topological polar surface area (TPSA) is 237 Å². The van der Waals surface area contributed by atoms with E-state index in [4.69, 9.17) is 37.0 Å². The lowest BCUT2D eigenvalue weighted by atomic mass is 9.99. The number of aliphatic hydroxyl groups is 1. The van der Waals surface area contributed by atoms with Gasteiger partial charge in [0.1, 0.15) is 19.3 Å². The average Bonchev–Trinajstić information content (AvgIpc) is 0.903. The fourth-order valence-corrected chi connectivity index (χ4v) is 15.3. The Morgan fingerprint density at radius 1 is 0.271 bits per heavy atom. The molecule has 0 aliphatic carbocycles. The van der Waals surface area contributed by atoms with Crippen LogP contribution in [0.15, 0.2) is 0 Å². The first-order chi connectivity index (χ1) is 51.9. The molecule has 0 spiro atoms. The number of carbonyl (C=O) groups is 4. The number of hydrogen-bond acceptors (Lipinski definition) is 15. The maximum Gasteiger partial charge on any atom is 0.472 e. The molecule has 0 aromatic rings. The summed E-state index contributed by atoms with van der Waals surface area (Å²) in [6.45, 7) is 9.76. The Morgan fingerprint density at radius 2 is 0.477 bits per heavy atom. The summed E-state index contributed by atoms with van der Waals surface area (Å²) in [6.07, 6.45) is 72.3. The zero-order valence-electron chi connectivity index (χ0n) is 70.5. The Labute approximate surface area is 658 Å². The lowest BCUT2D eigenvalue weighted by Crippen LogP contribution is -2.30. The number of hydrogen-bond donors (Lipinski definition) is 3. The van der Waals surface area contributed by atoms with Crippen molar-refractivity contribution in [2.45, 2.75) is 490 Å². The number of phosphoric ester groups is 2. The van der Waals surface area contributed by atoms with Gasteiger partial charge in [0.15, 0.2) is 12.2 Å². The van der Waals surface area contributed by atoms with Gasteiger partial charge in [0.25, 0.3) is 0 Å². The number of aliphatic hydroxyl groups excluding tert-OH is 1. The lowest BCUT2D eigenvalue weighted by Gasteiger charge is -2.21. The second-order valence-electron chi connectivity index (χ2n) is 32.4. The highest BCUT2D eigenvalue weighted by Gasteiger charge is 2.31. The predicted molar refractivity (Wildman–Crippen MR) is 442 cm³/mol. The van der Waals surface area contributed by atoms with Crippen LogP contribution in [-0.2, 0) is 65.4 Å². The Kier molecular flexibility index (Phi) is 77.9. The number of ether oxygens (including phenoxy) is 4. The zero-order chi connectivity index (χ0) is 78.5. The van der Waals surface area contributed by atoms with E-state index < -0.39 is 97.5 Å². The van der Waals surface area contributed by atoms with Gasteiger partial charge in [0.05, 0.1) is 26.4 Å². The molecule has 0 bridgehead atoms. The van der Waals surface area contributed by atoms with Gasteiger partial charge < -0.3 is 33.8 Å². The van der Waals surface area contributed by atoms with E-state index in [2.05, 4.69) is 41.5 Å². The molecule has 0 aliphatic rings. The van der Waals surface area contributed by atoms with E-state index in [1.165, 1.54) is 283 Å². The highest BCUT2D eigenvalue weighted by molar-refractivity contribution is 7.47. The van der Waals surface area contributed by atoms with E-state index in [0.717, 1.165) is 108 Å². The first kappa shape index (κ1) is 105. The smallest absolute Gasteiger partial charge is 0.462 e. The predicted octanol–water partition coefficient (Wildman–Crippen LogP) is 27.0. The van der Waals surface area contributed by atoms with Crippen molar-refractivity contribution in [3.8, 4) is 0 Å². The van der Waals surface area contributed by atoms with Crippen LogP contribution in [0.5, 0.6) is 0 Å². The first-order valence-electron chi connectivity index (χ1n) is 45.5. The molecule has 3 unspecified atom stereocenters. The Bertz CT molecular complexity index is 2050. The quantitative estimate of drug-likeness (QED) is 0.0222. The molecule has 0 aromatic carbocycles. The van der Waals surface area contributed by atoms with Crippen LogP contribution in [-0.4, -0.2) is 96.7 Å². The molecule has 107 heavy (non-hydrogen) atoms. The SMILES string of the molecule is CCCCCCCCCCCCCCCCCCCCC(=O)O[C@H](COC(=O)CCCCCCCCCC)COP(=O)(O)OC[C@H](O)COP(=O)(O)OC[C@@H](COC(=O)CCCCCCCCCCCCCCCCCCC(C)C)OC(=O)CCCCCCCCCCCCCCCCCCCCC(C)CC. The number of phosphoric acid groups is 2. The van der Waals surface area contributed by atoms with Crippen LogP contribution in [0.3, 0.4) is 0 Å². The van der Waals surface area contributed by atoms with Crippen LogP contribution in [0.2, 0.25) is 0 Å². The summed E-state index contributed by atoms with van der Waals surface area (Å²) in [6, 6.07) is 0. The normalized spacial score (nSPS) is 14.0. The van der Waals surface area contributed by atoms with E-state index in [1.807, 2.05) is 0 Å². The van der Waals surface area contributed by atoms with Crippen LogP contribution in [0.4, 0.5) is 0 Å². The maximum absolute atomic E-state index is 13.2. The summed E-state index contributed by atoms with van der Waals surface area (Å²) in [5, 5.41) is 10.7. The average molecular weight is 1560 g/mol. The molecule has 0 heterocycles. The van der Waals surface area contributed by atoms with E-state index >= 15 is 0 Å². The minimum absolute atomic E-state index is 0.109. The highest BCUT2D eigenvalue weighted by atomic mass is 31.2. The van der Waals surface area contributed by atoms with Crippen LogP contribution in [0.25, 0.3) is 0 Å². The van der Waals surface area contributed by atoms with Crippen molar-refractivity contribution in [2.24, 2.45) is 11.8 Å².